The molecule has 0 aliphatic rings. The number of nitrogens with zero attached hydrogens (tertiary/aromatic N) is 5. The molecule has 0 amide bonds. The minimum absolute atomic E-state index is 0.0205. The molecule has 0 bridgehead atoms. The maximum atomic E-state index is 12.0. The van der Waals surface area contributed by atoms with Crippen LogP contribution in [0.4, 0.5) is 0 Å². The van der Waals surface area contributed by atoms with Crippen LogP contribution in [0.5, 0.6) is 0 Å². The van der Waals surface area contributed by atoms with Gasteiger partial charge in [0.25, 0.3) is 0 Å². The number of hydrogen-bond acceptors (Lipinski definition) is 5. The van der Waals surface area contributed by atoms with Crippen LogP contribution in [0.25, 0.3) is 0 Å². The molecule has 0 saturated heterocycles. The van der Waals surface area contributed by atoms with E-state index in [-0.39, 0.29) is 11.6 Å². The number of carbonyl (C=O) groups is 2. The average molecular weight is 408 g/mol. The molecule has 7 heteroatoms. The molecular formula is C23H29N5O2. The van der Waals surface area contributed by atoms with Gasteiger partial charge in [0.2, 0.25) is 0 Å². The fourth-order valence-electron chi connectivity index (χ4n) is 3.45. The molecule has 0 fully saturated rings. The van der Waals surface area contributed by atoms with Gasteiger partial charge in [0, 0.05) is 63.0 Å². The van der Waals surface area contributed by atoms with Crippen LogP contribution >= 0.6 is 0 Å². The Morgan fingerprint density at radius 3 is 1.57 bits per heavy atom. The Balaban J connectivity index is 0.000000311. The maximum Gasteiger partial charge on any atom is 0.189 e. The molecule has 2 aromatic rings. The first-order valence-electron chi connectivity index (χ1n) is 9.42. The van der Waals surface area contributed by atoms with Gasteiger partial charge in [0.1, 0.15) is 23.5 Å². The van der Waals surface area contributed by atoms with Crippen LogP contribution in [-0.2, 0) is 14.1 Å². The third-order valence-corrected chi connectivity index (χ3v) is 5.20. The van der Waals surface area contributed by atoms with E-state index < -0.39 is 0 Å². The summed E-state index contributed by atoms with van der Waals surface area (Å²) in [6.07, 6.45) is 3.23. The van der Waals surface area contributed by atoms with Gasteiger partial charge in [-0.2, -0.15) is 10.5 Å². The zero-order chi connectivity index (χ0) is 23.3. The van der Waals surface area contributed by atoms with Crippen molar-refractivity contribution >= 4 is 11.6 Å². The first-order chi connectivity index (χ1) is 13.9. The highest BCUT2D eigenvalue weighted by molar-refractivity contribution is 6.06. The van der Waals surface area contributed by atoms with Gasteiger partial charge in [-0.1, -0.05) is 0 Å². The third-order valence-electron chi connectivity index (χ3n) is 5.20. The third kappa shape index (κ3) is 4.69. The molecule has 2 rings (SSSR count). The molecule has 0 radical (unpaired) electrons. The minimum Gasteiger partial charge on any atom is -0.383 e. The topological polar surface area (TPSA) is 94.8 Å². The van der Waals surface area contributed by atoms with E-state index in [0.29, 0.717) is 22.5 Å². The fourth-order valence-corrected chi connectivity index (χ4v) is 3.45. The van der Waals surface area contributed by atoms with Crippen LogP contribution in [-0.4, -0.2) is 39.7 Å². The highest BCUT2D eigenvalue weighted by Crippen LogP contribution is 2.21. The van der Waals surface area contributed by atoms with Gasteiger partial charge in [0.15, 0.2) is 11.6 Å². The van der Waals surface area contributed by atoms with E-state index in [9.17, 15) is 9.59 Å². The van der Waals surface area contributed by atoms with Gasteiger partial charge in [-0.15, -0.1) is 0 Å². The summed E-state index contributed by atoms with van der Waals surface area (Å²) in [5, 5.41) is 17.9. The van der Waals surface area contributed by atoms with Crippen LogP contribution < -0.4 is 0 Å². The quantitative estimate of drug-likeness (QED) is 0.571. The number of rotatable bonds is 4. The normalized spacial score (nSPS) is 10.2. The van der Waals surface area contributed by atoms with E-state index in [1.165, 1.54) is 13.0 Å². The Hall–Kier alpha value is -3.58. The Bertz CT molecular complexity index is 1100. The summed E-state index contributed by atoms with van der Waals surface area (Å²) < 4.78 is 3.51. The van der Waals surface area contributed by atoms with E-state index in [4.69, 9.17) is 10.5 Å². The molecular weight excluding hydrogens is 378 g/mol. The van der Waals surface area contributed by atoms with Crippen molar-refractivity contribution in [1.82, 2.24) is 14.0 Å². The van der Waals surface area contributed by atoms with Crippen molar-refractivity contribution in [2.45, 2.75) is 34.6 Å². The number of ketones is 2. The lowest BCUT2D eigenvalue weighted by atomic mass is 10.1. The molecule has 2 heterocycles. The lowest BCUT2D eigenvalue weighted by molar-refractivity contribution is 0.101. The molecule has 0 N–H and O–H groups in total. The van der Waals surface area contributed by atoms with Crippen LogP contribution in [0.2, 0.25) is 0 Å². The smallest absolute Gasteiger partial charge is 0.189 e. The number of hydrogen-bond donors (Lipinski definition) is 0. The Kier molecular flexibility index (Phi) is 7.95. The number of aromatic nitrogens is 2. The number of carbonyl (C=O) groups excluding carboxylic acids is 2. The van der Waals surface area contributed by atoms with Gasteiger partial charge < -0.3 is 14.0 Å². The number of Topliss-reactive ketones (excluding diaryl/α,β-unsaturated/α-hetero) is 1. The highest BCUT2D eigenvalue weighted by atomic mass is 16.1. The second-order valence-corrected chi connectivity index (χ2v) is 7.41. The largest absolute Gasteiger partial charge is 0.383 e. The second kappa shape index (κ2) is 9.76. The van der Waals surface area contributed by atoms with Crippen molar-refractivity contribution in [3.63, 3.8) is 0 Å². The van der Waals surface area contributed by atoms with Crippen LogP contribution in [0, 0.1) is 50.4 Å². The number of allylic oxidation sites excluding steroid dienone is 1. The summed E-state index contributed by atoms with van der Waals surface area (Å²) in [7, 11) is 7.31. The minimum atomic E-state index is -0.0641. The van der Waals surface area contributed by atoms with Crippen molar-refractivity contribution < 1.29 is 9.59 Å². The predicted molar refractivity (Wildman–Crippen MR) is 116 cm³/mol. The lowest BCUT2D eigenvalue weighted by Gasteiger charge is -2.03. The van der Waals surface area contributed by atoms with Crippen LogP contribution in [0.3, 0.4) is 0 Å². The van der Waals surface area contributed by atoms with E-state index in [0.717, 1.165) is 22.5 Å². The standard InChI is InChI=1S/C13H17N3O.C10H12N2O/c1-9-11(8-14)16(5)10(2)13(9)12(17)6-7-15(3)4;1-6-9(5-11)12(4)7(2)10(6)8(3)13/h6-7H,1-5H3;1-4H3/b7-6+;. The van der Waals surface area contributed by atoms with Crippen molar-refractivity contribution in [3.8, 4) is 12.1 Å². The summed E-state index contributed by atoms with van der Waals surface area (Å²) in [6, 6.07) is 4.21. The SMILES string of the molecule is CC(=O)c1c(C)c(C#N)n(C)c1C.Cc1c(C(=O)/C=C/N(C)C)c(C)n(C)c1C#N. The van der Waals surface area contributed by atoms with Gasteiger partial charge in [0.05, 0.1) is 0 Å². The first-order valence-corrected chi connectivity index (χ1v) is 9.42. The summed E-state index contributed by atoms with van der Waals surface area (Å²) in [5.41, 5.74) is 5.65. The predicted octanol–water partition coefficient (Wildman–Crippen LogP) is 3.49. The van der Waals surface area contributed by atoms with Crippen molar-refractivity contribution in [3.05, 3.63) is 57.3 Å². The van der Waals surface area contributed by atoms with Crippen molar-refractivity contribution in [1.29, 1.82) is 10.5 Å². The Morgan fingerprint density at radius 2 is 1.27 bits per heavy atom. The van der Waals surface area contributed by atoms with Crippen molar-refractivity contribution in [2.24, 2.45) is 14.1 Å². The van der Waals surface area contributed by atoms with Gasteiger partial charge in [-0.3, -0.25) is 9.59 Å². The number of nitriles is 2. The van der Waals surface area contributed by atoms with E-state index in [1.54, 1.807) is 34.3 Å². The van der Waals surface area contributed by atoms with Crippen LogP contribution in [0.15, 0.2) is 12.3 Å². The summed E-state index contributed by atoms with van der Waals surface area (Å²) in [4.78, 5) is 25.1. The van der Waals surface area contributed by atoms with Gasteiger partial charge >= 0.3 is 0 Å². The fraction of sp³-hybridized carbons (Fsp3) is 0.391. The van der Waals surface area contributed by atoms with Gasteiger partial charge in [-0.05, 0) is 45.7 Å². The molecule has 0 atom stereocenters. The molecule has 0 aliphatic heterocycles. The molecule has 30 heavy (non-hydrogen) atoms. The molecule has 0 aliphatic carbocycles. The van der Waals surface area contributed by atoms with Crippen molar-refractivity contribution in [2.75, 3.05) is 14.1 Å². The maximum absolute atomic E-state index is 12.0. The summed E-state index contributed by atoms with van der Waals surface area (Å²) in [6.45, 7) is 8.84. The molecule has 0 unspecified atom stereocenters. The zero-order valence-electron chi connectivity index (χ0n) is 19.2. The lowest BCUT2D eigenvalue weighted by Crippen LogP contribution is -2.04. The molecule has 0 saturated carbocycles. The first kappa shape index (κ1) is 24.5. The average Bonchev–Trinajstić information content (AvgIpc) is 3.02. The zero-order valence-corrected chi connectivity index (χ0v) is 19.2. The van der Waals surface area contributed by atoms with E-state index >= 15 is 0 Å². The molecule has 0 aromatic carbocycles. The second-order valence-electron chi connectivity index (χ2n) is 7.41. The monoisotopic (exact) mass is 407 g/mol. The van der Waals surface area contributed by atoms with E-state index in [1.807, 2.05) is 41.8 Å². The van der Waals surface area contributed by atoms with E-state index in [2.05, 4.69) is 12.1 Å². The Morgan fingerprint density at radius 1 is 0.867 bits per heavy atom. The highest BCUT2D eigenvalue weighted by Gasteiger charge is 2.19. The molecule has 7 nitrogen and oxygen atoms in total. The molecule has 158 valence electrons. The van der Waals surface area contributed by atoms with Gasteiger partial charge in [-0.25, -0.2) is 0 Å². The summed E-state index contributed by atoms with van der Waals surface area (Å²) in [5.74, 6) is -0.0436. The molecule has 0 spiro atoms. The summed E-state index contributed by atoms with van der Waals surface area (Å²) >= 11 is 0. The molecule has 2 aromatic heterocycles. The Labute approximate surface area is 178 Å². The van der Waals surface area contributed by atoms with Crippen LogP contribution in [0.1, 0.15) is 61.5 Å².